The van der Waals surface area contributed by atoms with E-state index in [0.717, 1.165) is 18.4 Å². The molecule has 0 unspecified atom stereocenters. The summed E-state index contributed by atoms with van der Waals surface area (Å²) in [5.74, 6) is -0.284. The van der Waals surface area contributed by atoms with Crippen LogP contribution in [0.15, 0.2) is 6.07 Å². The van der Waals surface area contributed by atoms with Gasteiger partial charge in [-0.05, 0) is 38.3 Å². The van der Waals surface area contributed by atoms with Gasteiger partial charge in [-0.25, -0.2) is 9.59 Å². The fourth-order valence-corrected chi connectivity index (χ4v) is 3.31. The number of rotatable bonds is 3. The van der Waals surface area contributed by atoms with Gasteiger partial charge in [-0.2, -0.15) is 0 Å². The molecule has 0 atom stereocenters. The van der Waals surface area contributed by atoms with Gasteiger partial charge >= 0.3 is 12.1 Å². The Morgan fingerprint density at radius 1 is 1.30 bits per heavy atom. The molecule has 0 N–H and O–H groups in total. The fraction of sp³-hybridized carbons (Fsp3) is 0.571. The highest BCUT2D eigenvalue weighted by Gasteiger charge is 2.23. The predicted octanol–water partition coefficient (Wildman–Crippen LogP) is 2.83. The van der Waals surface area contributed by atoms with E-state index >= 15 is 0 Å². The van der Waals surface area contributed by atoms with Crippen LogP contribution in [-0.4, -0.2) is 36.7 Å². The molecule has 1 amide bonds. The largest absolute Gasteiger partial charge is 0.462 e. The topological polar surface area (TPSA) is 55.8 Å². The molecule has 110 valence electrons. The lowest BCUT2D eigenvalue weighted by atomic mass is 10.2. The molecule has 1 aromatic heterocycles. The number of carbonyl (C=O) groups is 2. The molecule has 2 rings (SSSR count). The van der Waals surface area contributed by atoms with E-state index in [4.69, 9.17) is 9.47 Å². The summed E-state index contributed by atoms with van der Waals surface area (Å²) in [6, 6.07) is 1.84. The van der Waals surface area contributed by atoms with E-state index in [0.29, 0.717) is 31.2 Å². The molecule has 6 heteroatoms. The molecule has 5 nitrogen and oxygen atoms in total. The zero-order valence-electron chi connectivity index (χ0n) is 11.8. The molecule has 0 radical (unpaired) electrons. The number of thiophene rings is 1. The lowest BCUT2D eigenvalue weighted by molar-refractivity contribution is 0.0532. The Morgan fingerprint density at radius 3 is 2.75 bits per heavy atom. The van der Waals surface area contributed by atoms with Crippen LogP contribution < -0.4 is 0 Å². The zero-order valence-corrected chi connectivity index (χ0v) is 12.6. The van der Waals surface area contributed by atoms with E-state index in [9.17, 15) is 9.59 Å². The van der Waals surface area contributed by atoms with Gasteiger partial charge in [0.05, 0.1) is 19.8 Å². The van der Waals surface area contributed by atoms with Gasteiger partial charge in [-0.3, -0.25) is 0 Å². The van der Waals surface area contributed by atoms with Crippen LogP contribution in [0, 0.1) is 0 Å². The number of carbonyl (C=O) groups excluding carboxylic acids is 2. The fourth-order valence-electron chi connectivity index (χ4n) is 2.20. The molecule has 1 aromatic rings. The van der Waals surface area contributed by atoms with Gasteiger partial charge < -0.3 is 14.4 Å². The summed E-state index contributed by atoms with van der Waals surface area (Å²) in [5, 5.41) is 0. The second kappa shape index (κ2) is 6.74. The van der Waals surface area contributed by atoms with Crippen LogP contribution >= 0.6 is 11.3 Å². The highest BCUT2D eigenvalue weighted by molar-refractivity contribution is 7.14. The second-order valence-corrected chi connectivity index (χ2v) is 5.64. The number of hydrogen-bond acceptors (Lipinski definition) is 5. The Hall–Kier alpha value is -1.56. The summed E-state index contributed by atoms with van der Waals surface area (Å²) in [4.78, 5) is 27.0. The number of hydrogen-bond donors (Lipinski definition) is 0. The Kier molecular flexibility index (Phi) is 5.00. The first-order chi connectivity index (χ1) is 9.65. The quantitative estimate of drug-likeness (QED) is 0.805. The van der Waals surface area contributed by atoms with Crippen LogP contribution in [0.4, 0.5) is 4.79 Å². The van der Waals surface area contributed by atoms with Crippen LogP contribution in [0.25, 0.3) is 0 Å². The highest BCUT2D eigenvalue weighted by atomic mass is 32.1. The maximum Gasteiger partial charge on any atom is 0.410 e. The minimum atomic E-state index is -0.288. The van der Waals surface area contributed by atoms with Gasteiger partial charge in [0.15, 0.2) is 0 Å². The van der Waals surface area contributed by atoms with Gasteiger partial charge in [-0.15, -0.1) is 11.3 Å². The van der Waals surface area contributed by atoms with Gasteiger partial charge in [0.2, 0.25) is 0 Å². The van der Waals surface area contributed by atoms with Crippen LogP contribution in [0.3, 0.4) is 0 Å². The van der Waals surface area contributed by atoms with Crippen molar-refractivity contribution >= 4 is 23.4 Å². The van der Waals surface area contributed by atoms with E-state index in [1.54, 1.807) is 18.7 Å². The first-order valence-corrected chi connectivity index (χ1v) is 7.67. The Bertz CT molecular complexity index is 497. The predicted molar refractivity (Wildman–Crippen MR) is 76.0 cm³/mol. The average Bonchev–Trinajstić information content (AvgIpc) is 2.71. The SMILES string of the molecule is CCOC(=O)c1cc2c(s1)CCCN(C(=O)OCC)C2. The molecule has 20 heavy (non-hydrogen) atoms. The van der Waals surface area contributed by atoms with Crippen LogP contribution in [0.1, 0.15) is 40.4 Å². The summed E-state index contributed by atoms with van der Waals surface area (Å²) < 4.78 is 10.1. The van der Waals surface area contributed by atoms with Gasteiger partial charge in [0, 0.05) is 11.4 Å². The van der Waals surface area contributed by atoms with Crippen molar-refractivity contribution in [2.45, 2.75) is 33.2 Å². The lowest BCUT2D eigenvalue weighted by Crippen LogP contribution is -2.31. The number of ether oxygens (including phenoxy) is 2. The summed E-state index contributed by atoms with van der Waals surface area (Å²) >= 11 is 1.47. The smallest absolute Gasteiger partial charge is 0.410 e. The monoisotopic (exact) mass is 297 g/mol. The summed E-state index contributed by atoms with van der Waals surface area (Å²) in [7, 11) is 0. The number of aryl methyl sites for hydroxylation is 1. The lowest BCUT2D eigenvalue weighted by Gasteiger charge is -2.19. The first kappa shape index (κ1) is 14.8. The van der Waals surface area contributed by atoms with Crippen molar-refractivity contribution in [3.63, 3.8) is 0 Å². The van der Waals surface area contributed by atoms with Gasteiger partial charge in [0.25, 0.3) is 0 Å². The van der Waals surface area contributed by atoms with Crippen LogP contribution in [-0.2, 0) is 22.4 Å². The van der Waals surface area contributed by atoms with Gasteiger partial charge in [-0.1, -0.05) is 0 Å². The third-order valence-corrected chi connectivity index (χ3v) is 4.31. The van der Waals surface area contributed by atoms with Crippen molar-refractivity contribution in [3.8, 4) is 0 Å². The van der Waals surface area contributed by atoms with Crippen molar-refractivity contribution in [1.82, 2.24) is 4.90 Å². The summed E-state index contributed by atoms with van der Waals surface area (Å²) in [5.41, 5.74) is 1.03. The molecular formula is C14H19NO4S. The molecule has 0 saturated carbocycles. The minimum absolute atomic E-state index is 0.284. The highest BCUT2D eigenvalue weighted by Crippen LogP contribution is 2.28. The molecule has 1 aliphatic rings. The minimum Gasteiger partial charge on any atom is -0.462 e. The third kappa shape index (κ3) is 3.30. The Balaban J connectivity index is 2.14. The Labute approximate surface area is 122 Å². The molecule has 0 spiro atoms. The molecule has 2 heterocycles. The molecule has 0 bridgehead atoms. The third-order valence-electron chi connectivity index (χ3n) is 3.09. The Morgan fingerprint density at radius 2 is 2.05 bits per heavy atom. The zero-order chi connectivity index (χ0) is 14.5. The molecule has 0 fully saturated rings. The normalized spacial score (nSPS) is 14.4. The van der Waals surface area contributed by atoms with Crippen molar-refractivity contribution in [1.29, 1.82) is 0 Å². The van der Waals surface area contributed by atoms with E-state index in [2.05, 4.69) is 0 Å². The van der Waals surface area contributed by atoms with E-state index in [-0.39, 0.29) is 12.1 Å². The van der Waals surface area contributed by atoms with E-state index in [1.807, 2.05) is 6.07 Å². The summed E-state index contributed by atoms with van der Waals surface area (Å²) in [6.45, 7) is 5.53. The van der Waals surface area contributed by atoms with Crippen molar-refractivity contribution in [2.24, 2.45) is 0 Å². The standard InChI is InChI=1S/C14H19NO4S/c1-3-18-13(16)12-8-10-9-15(14(17)19-4-2)7-5-6-11(10)20-12/h8H,3-7,9H2,1-2H3. The number of esters is 1. The molecular weight excluding hydrogens is 278 g/mol. The molecule has 1 aliphatic heterocycles. The number of nitrogens with zero attached hydrogens (tertiary/aromatic N) is 1. The van der Waals surface area contributed by atoms with Crippen LogP contribution in [0.2, 0.25) is 0 Å². The number of amides is 1. The van der Waals surface area contributed by atoms with E-state index in [1.165, 1.54) is 16.2 Å². The maximum atomic E-state index is 11.8. The first-order valence-electron chi connectivity index (χ1n) is 6.86. The maximum absolute atomic E-state index is 11.8. The van der Waals surface area contributed by atoms with Crippen LogP contribution in [0.5, 0.6) is 0 Å². The average molecular weight is 297 g/mol. The molecule has 0 aliphatic carbocycles. The summed E-state index contributed by atoms with van der Waals surface area (Å²) in [6.07, 6.45) is 1.48. The number of fused-ring (bicyclic) bond motifs is 1. The van der Waals surface area contributed by atoms with Crippen molar-refractivity contribution < 1.29 is 19.1 Å². The molecule has 0 saturated heterocycles. The van der Waals surface area contributed by atoms with Gasteiger partial charge in [0.1, 0.15) is 4.88 Å². The van der Waals surface area contributed by atoms with Crippen molar-refractivity contribution in [2.75, 3.05) is 19.8 Å². The van der Waals surface area contributed by atoms with E-state index < -0.39 is 0 Å². The second-order valence-electron chi connectivity index (χ2n) is 4.50. The molecule has 0 aromatic carbocycles. The van der Waals surface area contributed by atoms with Crippen molar-refractivity contribution in [3.05, 3.63) is 21.4 Å².